The molecular formula is C13H18N2O4. The van der Waals surface area contributed by atoms with E-state index in [1.807, 2.05) is 43.3 Å². The third-order valence-corrected chi connectivity index (χ3v) is 2.75. The van der Waals surface area contributed by atoms with Crippen LogP contribution in [-0.4, -0.2) is 49.6 Å². The number of carbonyl (C=O) groups excluding carboxylic acids is 1. The molecule has 0 heterocycles. The number of likely N-dealkylation sites (N-methyl/N-ethyl adjacent to an activating group) is 1. The Morgan fingerprint density at radius 2 is 2.11 bits per heavy atom. The maximum atomic E-state index is 11.1. The summed E-state index contributed by atoms with van der Waals surface area (Å²) in [5, 5.41) is 10.9. The van der Waals surface area contributed by atoms with Gasteiger partial charge in [-0.25, -0.2) is 4.79 Å². The van der Waals surface area contributed by atoms with Crippen LogP contribution in [0.2, 0.25) is 0 Å². The van der Waals surface area contributed by atoms with Crippen LogP contribution >= 0.6 is 0 Å². The van der Waals surface area contributed by atoms with Gasteiger partial charge in [-0.15, -0.1) is 0 Å². The molecule has 0 saturated heterocycles. The molecule has 0 aliphatic carbocycles. The highest BCUT2D eigenvalue weighted by molar-refractivity contribution is 6.31. The molecule has 0 saturated carbocycles. The zero-order chi connectivity index (χ0) is 14.4. The second-order valence-electron chi connectivity index (χ2n) is 4.27. The van der Waals surface area contributed by atoms with E-state index >= 15 is 0 Å². The van der Waals surface area contributed by atoms with E-state index in [1.54, 1.807) is 7.11 Å². The number of carboxylic acid groups (broad SMARTS) is 1. The van der Waals surface area contributed by atoms with Crippen molar-refractivity contribution in [1.82, 2.24) is 10.2 Å². The number of aliphatic carboxylic acids is 1. The molecule has 6 nitrogen and oxygen atoms in total. The van der Waals surface area contributed by atoms with Crippen LogP contribution in [0, 0.1) is 0 Å². The molecule has 1 atom stereocenters. The number of carboxylic acids is 1. The minimum atomic E-state index is -1.48. The lowest BCUT2D eigenvalue weighted by molar-refractivity contribution is -0.150. The second kappa shape index (κ2) is 6.75. The molecule has 0 spiro atoms. The molecule has 1 unspecified atom stereocenters. The van der Waals surface area contributed by atoms with E-state index < -0.39 is 11.9 Å². The average Bonchev–Trinajstić information content (AvgIpc) is 2.38. The minimum absolute atomic E-state index is 0.126. The van der Waals surface area contributed by atoms with Gasteiger partial charge in [-0.2, -0.15) is 0 Å². The molecule has 0 bridgehead atoms. The number of methoxy groups -OCH3 is 1. The average molecular weight is 266 g/mol. The largest absolute Gasteiger partial charge is 0.497 e. The highest BCUT2D eigenvalue weighted by Crippen LogP contribution is 2.21. The Bertz CT molecular complexity index is 460. The molecule has 0 radical (unpaired) electrons. The molecule has 0 fully saturated rings. The van der Waals surface area contributed by atoms with Gasteiger partial charge < -0.3 is 20.1 Å². The fourth-order valence-corrected chi connectivity index (χ4v) is 1.71. The van der Waals surface area contributed by atoms with E-state index in [0.29, 0.717) is 5.75 Å². The van der Waals surface area contributed by atoms with Gasteiger partial charge in [0.2, 0.25) is 0 Å². The summed E-state index contributed by atoms with van der Waals surface area (Å²) in [6, 6.07) is 7.31. The van der Waals surface area contributed by atoms with E-state index in [1.165, 1.54) is 0 Å². The van der Waals surface area contributed by atoms with Gasteiger partial charge in [-0.1, -0.05) is 12.1 Å². The van der Waals surface area contributed by atoms with Crippen molar-refractivity contribution in [3.05, 3.63) is 29.8 Å². The molecule has 1 rings (SSSR count). The molecule has 1 aromatic rings. The lowest BCUT2D eigenvalue weighted by Gasteiger charge is -2.25. The van der Waals surface area contributed by atoms with Crippen molar-refractivity contribution < 1.29 is 19.4 Å². The molecule has 0 aliphatic heterocycles. The van der Waals surface area contributed by atoms with E-state index in [9.17, 15) is 9.59 Å². The number of amides is 1. The van der Waals surface area contributed by atoms with Crippen molar-refractivity contribution >= 4 is 11.9 Å². The number of benzene rings is 1. The Morgan fingerprint density at radius 3 is 2.63 bits per heavy atom. The quantitative estimate of drug-likeness (QED) is 0.759. The SMILES string of the molecule is COc1cccc(C(CNC(=O)C(=O)O)N(C)C)c1. The summed E-state index contributed by atoms with van der Waals surface area (Å²) in [5.41, 5.74) is 0.940. The molecule has 2 N–H and O–H groups in total. The fourth-order valence-electron chi connectivity index (χ4n) is 1.71. The maximum Gasteiger partial charge on any atom is 0.394 e. The molecule has 0 aliphatic rings. The predicted molar refractivity (Wildman–Crippen MR) is 70.1 cm³/mol. The standard InChI is InChI=1S/C13H18N2O4/c1-15(2)11(8-14-12(16)13(17)18)9-5-4-6-10(7-9)19-3/h4-7,11H,8H2,1-3H3,(H,14,16)(H,17,18). The summed E-state index contributed by atoms with van der Waals surface area (Å²) in [6.07, 6.45) is 0. The Hall–Kier alpha value is -2.08. The van der Waals surface area contributed by atoms with Crippen molar-refractivity contribution in [2.75, 3.05) is 27.7 Å². The number of nitrogens with zero attached hydrogens (tertiary/aromatic N) is 1. The smallest absolute Gasteiger partial charge is 0.394 e. The van der Waals surface area contributed by atoms with E-state index in [4.69, 9.17) is 9.84 Å². The van der Waals surface area contributed by atoms with Crippen molar-refractivity contribution in [2.45, 2.75) is 6.04 Å². The van der Waals surface area contributed by atoms with E-state index in [-0.39, 0.29) is 12.6 Å². The highest BCUT2D eigenvalue weighted by atomic mass is 16.5. The lowest BCUT2D eigenvalue weighted by Crippen LogP contribution is -2.37. The normalized spacial score (nSPS) is 12.0. The lowest BCUT2D eigenvalue weighted by atomic mass is 10.1. The van der Waals surface area contributed by atoms with Crippen molar-refractivity contribution in [3.8, 4) is 5.75 Å². The van der Waals surface area contributed by atoms with E-state index in [2.05, 4.69) is 5.32 Å². The van der Waals surface area contributed by atoms with Crippen LogP contribution in [0.25, 0.3) is 0 Å². The number of ether oxygens (including phenoxy) is 1. The number of hydrogen-bond donors (Lipinski definition) is 2. The zero-order valence-electron chi connectivity index (χ0n) is 11.2. The van der Waals surface area contributed by atoms with Crippen molar-refractivity contribution in [3.63, 3.8) is 0 Å². The molecule has 6 heteroatoms. The van der Waals surface area contributed by atoms with Gasteiger partial charge in [0.1, 0.15) is 5.75 Å². The molecule has 104 valence electrons. The first kappa shape index (κ1) is 15.0. The first-order valence-electron chi connectivity index (χ1n) is 5.77. The number of rotatable bonds is 5. The molecular weight excluding hydrogens is 248 g/mol. The summed E-state index contributed by atoms with van der Waals surface area (Å²) in [7, 11) is 5.30. The Labute approximate surface area is 112 Å². The van der Waals surface area contributed by atoms with Gasteiger partial charge in [0, 0.05) is 6.54 Å². The van der Waals surface area contributed by atoms with Crippen molar-refractivity contribution in [1.29, 1.82) is 0 Å². The van der Waals surface area contributed by atoms with Gasteiger partial charge in [0.25, 0.3) is 0 Å². The third-order valence-electron chi connectivity index (χ3n) is 2.75. The maximum absolute atomic E-state index is 11.1. The van der Waals surface area contributed by atoms with Gasteiger partial charge >= 0.3 is 11.9 Å². The summed E-state index contributed by atoms with van der Waals surface area (Å²) in [4.78, 5) is 23.4. The third kappa shape index (κ3) is 4.26. The van der Waals surface area contributed by atoms with Gasteiger partial charge in [-0.3, -0.25) is 4.79 Å². The van der Waals surface area contributed by atoms with Crippen LogP contribution in [0.15, 0.2) is 24.3 Å². The second-order valence-corrected chi connectivity index (χ2v) is 4.27. The predicted octanol–water partition coefficient (Wildman–Crippen LogP) is 0.499. The van der Waals surface area contributed by atoms with E-state index in [0.717, 1.165) is 5.56 Å². The first-order valence-corrected chi connectivity index (χ1v) is 5.77. The van der Waals surface area contributed by atoms with Crippen LogP contribution in [0.4, 0.5) is 0 Å². The first-order chi connectivity index (χ1) is 8.95. The van der Waals surface area contributed by atoms with Gasteiger partial charge in [-0.05, 0) is 31.8 Å². The Morgan fingerprint density at radius 1 is 1.42 bits per heavy atom. The molecule has 0 aromatic heterocycles. The van der Waals surface area contributed by atoms with Crippen LogP contribution in [0.3, 0.4) is 0 Å². The monoisotopic (exact) mass is 266 g/mol. The number of hydrogen-bond acceptors (Lipinski definition) is 4. The van der Waals surface area contributed by atoms with Crippen LogP contribution in [0.1, 0.15) is 11.6 Å². The highest BCUT2D eigenvalue weighted by Gasteiger charge is 2.18. The molecule has 1 amide bonds. The van der Waals surface area contributed by atoms with Crippen LogP contribution in [0.5, 0.6) is 5.75 Å². The topological polar surface area (TPSA) is 78.9 Å². The summed E-state index contributed by atoms with van der Waals surface area (Å²) >= 11 is 0. The number of carbonyl (C=O) groups is 2. The van der Waals surface area contributed by atoms with Crippen LogP contribution in [-0.2, 0) is 9.59 Å². The summed E-state index contributed by atoms with van der Waals surface area (Å²) in [6.45, 7) is 0.214. The molecule has 1 aromatic carbocycles. The minimum Gasteiger partial charge on any atom is -0.497 e. The molecule has 19 heavy (non-hydrogen) atoms. The van der Waals surface area contributed by atoms with Gasteiger partial charge in [0.15, 0.2) is 0 Å². The van der Waals surface area contributed by atoms with Gasteiger partial charge in [0.05, 0.1) is 13.2 Å². The number of nitrogens with one attached hydrogen (secondary N) is 1. The Kier molecular flexibility index (Phi) is 5.32. The van der Waals surface area contributed by atoms with Crippen molar-refractivity contribution in [2.24, 2.45) is 0 Å². The summed E-state index contributed by atoms with van der Waals surface area (Å²) < 4.78 is 5.15. The van der Waals surface area contributed by atoms with Crippen LogP contribution < -0.4 is 10.1 Å². The fraction of sp³-hybridized carbons (Fsp3) is 0.385. The Balaban J connectivity index is 2.82. The summed E-state index contributed by atoms with van der Waals surface area (Å²) in [5.74, 6) is -1.77. The zero-order valence-corrected chi connectivity index (χ0v) is 11.2.